The summed E-state index contributed by atoms with van der Waals surface area (Å²) in [5.41, 5.74) is 3.25. The van der Waals surface area contributed by atoms with E-state index < -0.39 is 0 Å². The van der Waals surface area contributed by atoms with Gasteiger partial charge in [0.2, 0.25) is 5.78 Å². The SMILES string of the molecule is COCCCn1c(-c2ccc(C)cc2)cn2c3c(=O)n(C)c(=O)n(C)c3nc12. The Morgan fingerprint density at radius 1 is 1.07 bits per heavy atom. The molecule has 0 radical (unpaired) electrons. The molecule has 0 atom stereocenters. The maximum Gasteiger partial charge on any atom is 0.332 e. The number of imidazole rings is 2. The minimum absolute atomic E-state index is 0.352. The second-order valence-electron chi connectivity index (χ2n) is 7.04. The Morgan fingerprint density at radius 3 is 2.46 bits per heavy atom. The van der Waals surface area contributed by atoms with Crippen LogP contribution < -0.4 is 11.2 Å². The molecule has 0 aliphatic carbocycles. The predicted molar refractivity (Wildman–Crippen MR) is 108 cm³/mol. The van der Waals surface area contributed by atoms with E-state index in [2.05, 4.69) is 33.8 Å². The number of ether oxygens (including phenoxy) is 1. The quantitative estimate of drug-likeness (QED) is 0.493. The van der Waals surface area contributed by atoms with E-state index in [1.165, 1.54) is 17.2 Å². The molecule has 0 saturated carbocycles. The van der Waals surface area contributed by atoms with Crippen molar-refractivity contribution in [3.8, 4) is 11.3 Å². The third-order valence-electron chi connectivity index (χ3n) is 5.13. The van der Waals surface area contributed by atoms with Gasteiger partial charge >= 0.3 is 5.69 Å². The second-order valence-corrected chi connectivity index (χ2v) is 7.04. The largest absolute Gasteiger partial charge is 0.385 e. The Bertz CT molecular complexity index is 1290. The van der Waals surface area contributed by atoms with Crippen LogP contribution in [-0.4, -0.2) is 36.8 Å². The van der Waals surface area contributed by atoms with E-state index in [1.54, 1.807) is 18.6 Å². The van der Waals surface area contributed by atoms with Gasteiger partial charge in [0.1, 0.15) is 0 Å². The van der Waals surface area contributed by atoms with Crippen molar-refractivity contribution < 1.29 is 4.74 Å². The van der Waals surface area contributed by atoms with Gasteiger partial charge in [-0.25, -0.2) is 4.79 Å². The van der Waals surface area contributed by atoms with Crippen LogP contribution in [0.3, 0.4) is 0 Å². The van der Waals surface area contributed by atoms with Crippen molar-refractivity contribution >= 4 is 16.9 Å². The highest BCUT2D eigenvalue weighted by Crippen LogP contribution is 2.26. The molecule has 8 nitrogen and oxygen atoms in total. The maximum atomic E-state index is 12.8. The number of nitrogens with zero attached hydrogens (tertiary/aromatic N) is 5. The first-order valence-electron chi connectivity index (χ1n) is 9.17. The minimum Gasteiger partial charge on any atom is -0.385 e. The molecule has 28 heavy (non-hydrogen) atoms. The van der Waals surface area contributed by atoms with Crippen LogP contribution >= 0.6 is 0 Å². The first-order valence-corrected chi connectivity index (χ1v) is 9.17. The number of aryl methyl sites for hydroxylation is 3. The molecule has 1 aromatic carbocycles. The third kappa shape index (κ3) is 2.68. The summed E-state index contributed by atoms with van der Waals surface area (Å²) in [6.45, 7) is 3.36. The number of hydrogen-bond acceptors (Lipinski definition) is 4. The van der Waals surface area contributed by atoms with Crippen LogP contribution in [0.2, 0.25) is 0 Å². The molecule has 0 unspecified atom stereocenters. The number of fused-ring (bicyclic) bond motifs is 3. The van der Waals surface area contributed by atoms with E-state index in [4.69, 9.17) is 4.74 Å². The van der Waals surface area contributed by atoms with Crippen LogP contribution in [0.15, 0.2) is 40.1 Å². The first kappa shape index (κ1) is 18.2. The number of methoxy groups -OCH3 is 1. The Hall–Kier alpha value is -3.13. The molecule has 3 heterocycles. The Labute approximate surface area is 161 Å². The van der Waals surface area contributed by atoms with Gasteiger partial charge in [-0.2, -0.15) is 4.98 Å². The van der Waals surface area contributed by atoms with Crippen LogP contribution in [0.25, 0.3) is 28.2 Å². The molecule has 0 amide bonds. The van der Waals surface area contributed by atoms with E-state index in [9.17, 15) is 9.59 Å². The smallest absolute Gasteiger partial charge is 0.332 e. The molecular formula is C20H23N5O3. The summed E-state index contributed by atoms with van der Waals surface area (Å²) in [7, 11) is 4.79. The van der Waals surface area contributed by atoms with Gasteiger partial charge in [-0.3, -0.25) is 18.3 Å². The molecule has 4 aromatic rings. The summed E-state index contributed by atoms with van der Waals surface area (Å²) in [6.07, 6.45) is 2.73. The monoisotopic (exact) mass is 381 g/mol. The average molecular weight is 381 g/mol. The van der Waals surface area contributed by atoms with Gasteiger partial charge in [-0.05, 0) is 18.9 Å². The van der Waals surface area contributed by atoms with Crippen molar-refractivity contribution in [2.24, 2.45) is 14.1 Å². The summed E-state index contributed by atoms with van der Waals surface area (Å²) in [4.78, 5) is 29.7. The van der Waals surface area contributed by atoms with Crippen molar-refractivity contribution in [3.63, 3.8) is 0 Å². The fourth-order valence-electron chi connectivity index (χ4n) is 3.56. The van der Waals surface area contributed by atoms with Crippen LogP contribution in [-0.2, 0) is 25.4 Å². The van der Waals surface area contributed by atoms with Gasteiger partial charge in [-0.15, -0.1) is 0 Å². The Balaban J connectivity index is 2.04. The van der Waals surface area contributed by atoms with Crippen molar-refractivity contribution in [1.29, 1.82) is 0 Å². The van der Waals surface area contributed by atoms with Gasteiger partial charge in [-0.1, -0.05) is 29.8 Å². The van der Waals surface area contributed by atoms with Gasteiger partial charge in [0.25, 0.3) is 5.56 Å². The van der Waals surface area contributed by atoms with Crippen LogP contribution in [0.5, 0.6) is 0 Å². The normalized spacial score (nSPS) is 11.7. The topological polar surface area (TPSA) is 75.5 Å². The molecule has 0 saturated heterocycles. The highest BCUT2D eigenvalue weighted by molar-refractivity contribution is 5.78. The van der Waals surface area contributed by atoms with E-state index in [1.807, 2.05) is 13.1 Å². The fourth-order valence-corrected chi connectivity index (χ4v) is 3.56. The molecule has 0 spiro atoms. The first-order chi connectivity index (χ1) is 13.4. The molecule has 0 bridgehead atoms. The summed E-state index contributed by atoms with van der Waals surface area (Å²) >= 11 is 0. The van der Waals surface area contributed by atoms with Crippen molar-refractivity contribution in [1.82, 2.24) is 23.1 Å². The molecule has 3 aromatic heterocycles. The third-order valence-corrected chi connectivity index (χ3v) is 5.13. The predicted octanol–water partition coefficient (Wildman–Crippen LogP) is 1.70. The van der Waals surface area contributed by atoms with Crippen molar-refractivity contribution in [2.75, 3.05) is 13.7 Å². The molecule has 0 aliphatic rings. The maximum absolute atomic E-state index is 12.8. The zero-order chi connectivity index (χ0) is 20.0. The highest BCUT2D eigenvalue weighted by Gasteiger charge is 2.20. The summed E-state index contributed by atoms with van der Waals surface area (Å²) in [6, 6.07) is 8.25. The lowest BCUT2D eigenvalue weighted by atomic mass is 10.1. The number of benzene rings is 1. The minimum atomic E-state index is -0.386. The summed E-state index contributed by atoms with van der Waals surface area (Å²) in [5.74, 6) is 0.639. The fraction of sp³-hybridized carbons (Fsp3) is 0.350. The van der Waals surface area contributed by atoms with Gasteiger partial charge < -0.3 is 9.30 Å². The zero-order valence-corrected chi connectivity index (χ0v) is 16.5. The van der Waals surface area contributed by atoms with Crippen molar-refractivity contribution in [3.05, 3.63) is 56.9 Å². The molecule has 8 heteroatoms. The van der Waals surface area contributed by atoms with E-state index in [0.717, 1.165) is 22.2 Å². The molecule has 0 aliphatic heterocycles. The van der Waals surface area contributed by atoms with Crippen LogP contribution in [0.1, 0.15) is 12.0 Å². The molecular weight excluding hydrogens is 358 g/mol. The van der Waals surface area contributed by atoms with Gasteiger partial charge in [0.15, 0.2) is 11.2 Å². The van der Waals surface area contributed by atoms with Crippen molar-refractivity contribution in [2.45, 2.75) is 19.9 Å². The lowest BCUT2D eigenvalue weighted by Gasteiger charge is -2.09. The van der Waals surface area contributed by atoms with Gasteiger partial charge in [0.05, 0.1) is 5.69 Å². The zero-order valence-electron chi connectivity index (χ0n) is 16.5. The Morgan fingerprint density at radius 2 is 1.79 bits per heavy atom. The van der Waals surface area contributed by atoms with E-state index in [-0.39, 0.29) is 11.2 Å². The van der Waals surface area contributed by atoms with Crippen LogP contribution in [0.4, 0.5) is 0 Å². The lowest BCUT2D eigenvalue weighted by molar-refractivity contribution is 0.191. The van der Waals surface area contributed by atoms with Crippen LogP contribution in [0, 0.1) is 6.92 Å². The summed E-state index contributed by atoms with van der Waals surface area (Å²) in [5, 5.41) is 0. The molecule has 4 rings (SSSR count). The highest BCUT2D eigenvalue weighted by atomic mass is 16.5. The van der Waals surface area contributed by atoms with Gasteiger partial charge in [0, 0.05) is 40.6 Å². The van der Waals surface area contributed by atoms with E-state index >= 15 is 0 Å². The lowest BCUT2D eigenvalue weighted by Crippen LogP contribution is -2.37. The van der Waals surface area contributed by atoms with E-state index in [0.29, 0.717) is 30.1 Å². The molecule has 146 valence electrons. The molecule has 0 fully saturated rings. The number of hydrogen-bond donors (Lipinski definition) is 0. The summed E-state index contributed by atoms with van der Waals surface area (Å²) < 4.78 is 11.6. The number of aromatic nitrogens is 5. The standard InChI is InChI=1S/C20H23N5O3/c1-13-6-8-14(9-7-13)15-12-25-16-17(22(2)20(27)23(3)18(16)26)21-19(25)24(15)10-5-11-28-4/h6-9,12H,5,10-11H2,1-4H3. The molecule has 0 N–H and O–H groups in total. The second kappa shape index (κ2) is 6.79. The Kier molecular flexibility index (Phi) is 4.43. The average Bonchev–Trinajstić information content (AvgIpc) is 3.22. The number of rotatable bonds is 5.